The molecule has 22 heavy (non-hydrogen) atoms. The number of rotatable bonds is 3. The van der Waals surface area contributed by atoms with Crippen LogP contribution in [0.2, 0.25) is 0 Å². The van der Waals surface area contributed by atoms with E-state index in [4.69, 9.17) is 4.74 Å². The topological polar surface area (TPSA) is 74.8 Å². The summed E-state index contributed by atoms with van der Waals surface area (Å²) in [4.78, 5) is 32.0. The SMILES string of the molecule is COc1ncccc1C(=O)N1CCC(N2CCNC2=O)CC1. The van der Waals surface area contributed by atoms with Crippen LogP contribution in [0.25, 0.3) is 0 Å². The Morgan fingerprint density at radius 2 is 2.14 bits per heavy atom. The fraction of sp³-hybridized carbons (Fsp3) is 0.533. The molecule has 2 fully saturated rings. The fourth-order valence-corrected chi connectivity index (χ4v) is 3.10. The molecule has 3 rings (SSSR count). The minimum absolute atomic E-state index is 0.0127. The van der Waals surface area contributed by atoms with Crippen LogP contribution in [-0.4, -0.2) is 66.1 Å². The number of methoxy groups -OCH3 is 1. The van der Waals surface area contributed by atoms with Gasteiger partial charge in [-0.25, -0.2) is 9.78 Å². The Morgan fingerprint density at radius 1 is 1.36 bits per heavy atom. The van der Waals surface area contributed by atoms with Crippen molar-refractivity contribution < 1.29 is 14.3 Å². The Kier molecular flexibility index (Phi) is 4.13. The molecule has 1 N–H and O–H groups in total. The largest absolute Gasteiger partial charge is 0.480 e. The summed E-state index contributed by atoms with van der Waals surface area (Å²) >= 11 is 0. The minimum atomic E-state index is -0.0609. The Hall–Kier alpha value is -2.31. The van der Waals surface area contributed by atoms with Crippen molar-refractivity contribution in [2.45, 2.75) is 18.9 Å². The molecule has 7 heteroatoms. The summed E-state index contributed by atoms with van der Waals surface area (Å²) < 4.78 is 5.15. The summed E-state index contributed by atoms with van der Waals surface area (Å²) in [6.07, 6.45) is 3.22. The van der Waals surface area contributed by atoms with Gasteiger partial charge in [0.1, 0.15) is 5.56 Å². The van der Waals surface area contributed by atoms with Crippen molar-refractivity contribution in [3.8, 4) is 5.88 Å². The maximum absolute atomic E-state index is 12.6. The number of pyridine rings is 1. The van der Waals surface area contributed by atoms with E-state index >= 15 is 0 Å². The predicted octanol–water partition coefficient (Wildman–Crippen LogP) is 0.720. The number of likely N-dealkylation sites (tertiary alicyclic amines) is 1. The first-order chi connectivity index (χ1) is 10.7. The van der Waals surface area contributed by atoms with E-state index in [-0.39, 0.29) is 18.0 Å². The summed E-state index contributed by atoms with van der Waals surface area (Å²) in [7, 11) is 1.51. The van der Waals surface area contributed by atoms with E-state index in [9.17, 15) is 9.59 Å². The maximum atomic E-state index is 12.6. The number of amides is 3. The molecule has 0 aromatic carbocycles. The fourth-order valence-electron chi connectivity index (χ4n) is 3.10. The second-order valence-corrected chi connectivity index (χ2v) is 5.51. The van der Waals surface area contributed by atoms with Gasteiger partial charge < -0.3 is 19.9 Å². The third-order valence-corrected chi connectivity index (χ3v) is 4.28. The lowest BCUT2D eigenvalue weighted by atomic mass is 10.0. The summed E-state index contributed by atoms with van der Waals surface area (Å²) in [5, 5.41) is 2.82. The molecule has 0 saturated carbocycles. The van der Waals surface area contributed by atoms with E-state index in [0.717, 1.165) is 19.4 Å². The van der Waals surface area contributed by atoms with Gasteiger partial charge in [-0.1, -0.05) is 0 Å². The molecule has 118 valence electrons. The molecule has 2 saturated heterocycles. The zero-order chi connectivity index (χ0) is 15.5. The first-order valence-corrected chi connectivity index (χ1v) is 7.53. The number of piperidine rings is 1. The zero-order valence-electron chi connectivity index (χ0n) is 12.6. The average Bonchev–Trinajstić information content (AvgIpc) is 3.00. The summed E-state index contributed by atoms with van der Waals surface area (Å²) in [5.74, 6) is 0.294. The molecule has 3 amide bonds. The Labute approximate surface area is 129 Å². The van der Waals surface area contributed by atoms with Crippen LogP contribution in [0.1, 0.15) is 23.2 Å². The maximum Gasteiger partial charge on any atom is 0.317 e. The van der Waals surface area contributed by atoms with Crippen LogP contribution >= 0.6 is 0 Å². The van der Waals surface area contributed by atoms with Crippen molar-refractivity contribution in [1.29, 1.82) is 0 Å². The summed E-state index contributed by atoms with van der Waals surface area (Å²) in [5.41, 5.74) is 0.488. The van der Waals surface area contributed by atoms with Crippen LogP contribution in [0.5, 0.6) is 5.88 Å². The average molecular weight is 304 g/mol. The van der Waals surface area contributed by atoms with Gasteiger partial charge >= 0.3 is 6.03 Å². The Bertz CT molecular complexity index is 570. The van der Waals surface area contributed by atoms with Crippen molar-refractivity contribution in [2.24, 2.45) is 0 Å². The first kappa shape index (κ1) is 14.6. The van der Waals surface area contributed by atoms with Gasteiger partial charge in [0.05, 0.1) is 7.11 Å². The van der Waals surface area contributed by atoms with Crippen molar-refractivity contribution in [3.63, 3.8) is 0 Å². The van der Waals surface area contributed by atoms with Crippen molar-refractivity contribution in [3.05, 3.63) is 23.9 Å². The highest BCUT2D eigenvalue weighted by Gasteiger charge is 2.32. The standard InChI is InChI=1S/C15H20N4O3/c1-22-13-12(3-2-6-16-13)14(20)18-8-4-11(5-9-18)19-10-7-17-15(19)21/h2-3,6,11H,4-5,7-10H2,1H3,(H,17,21). The second kappa shape index (κ2) is 6.21. The molecular weight excluding hydrogens is 284 g/mol. The van der Waals surface area contributed by atoms with Gasteiger partial charge in [-0.05, 0) is 25.0 Å². The molecule has 0 atom stereocenters. The smallest absolute Gasteiger partial charge is 0.317 e. The van der Waals surface area contributed by atoms with Gasteiger partial charge in [-0.2, -0.15) is 0 Å². The van der Waals surface area contributed by atoms with E-state index in [1.807, 2.05) is 9.80 Å². The van der Waals surface area contributed by atoms with Crippen molar-refractivity contribution in [2.75, 3.05) is 33.3 Å². The number of ether oxygens (including phenoxy) is 1. The Morgan fingerprint density at radius 3 is 2.77 bits per heavy atom. The molecule has 0 bridgehead atoms. The van der Waals surface area contributed by atoms with Crippen LogP contribution in [0, 0.1) is 0 Å². The number of carbonyl (C=O) groups excluding carboxylic acids is 2. The van der Waals surface area contributed by atoms with Gasteiger partial charge in [-0.3, -0.25) is 4.79 Å². The molecule has 2 aliphatic rings. The highest BCUT2D eigenvalue weighted by Crippen LogP contribution is 2.22. The molecule has 1 aromatic heterocycles. The predicted molar refractivity (Wildman–Crippen MR) is 79.8 cm³/mol. The number of nitrogens with zero attached hydrogens (tertiary/aromatic N) is 3. The third kappa shape index (κ3) is 2.70. The lowest BCUT2D eigenvalue weighted by Gasteiger charge is -2.36. The Balaban J connectivity index is 1.63. The molecule has 0 radical (unpaired) electrons. The molecule has 1 aromatic rings. The van der Waals surface area contributed by atoms with E-state index < -0.39 is 0 Å². The van der Waals surface area contributed by atoms with Crippen molar-refractivity contribution in [1.82, 2.24) is 20.1 Å². The number of hydrogen-bond acceptors (Lipinski definition) is 4. The van der Waals surface area contributed by atoms with Crippen LogP contribution in [0.15, 0.2) is 18.3 Å². The van der Waals surface area contributed by atoms with Gasteiger partial charge in [0.25, 0.3) is 5.91 Å². The van der Waals surface area contributed by atoms with Crippen molar-refractivity contribution >= 4 is 11.9 Å². The van der Waals surface area contributed by atoms with Gasteiger partial charge in [0, 0.05) is 38.4 Å². The minimum Gasteiger partial charge on any atom is -0.480 e. The number of urea groups is 1. The lowest BCUT2D eigenvalue weighted by molar-refractivity contribution is 0.0662. The van der Waals surface area contributed by atoms with E-state index in [1.165, 1.54) is 7.11 Å². The summed E-state index contributed by atoms with van der Waals surface area (Å²) in [6.45, 7) is 2.76. The monoisotopic (exact) mass is 304 g/mol. The number of hydrogen-bond donors (Lipinski definition) is 1. The van der Waals surface area contributed by atoms with E-state index in [1.54, 1.807) is 18.3 Å². The van der Waals surface area contributed by atoms with Crippen LogP contribution < -0.4 is 10.1 Å². The van der Waals surface area contributed by atoms with E-state index in [2.05, 4.69) is 10.3 Å². The highest BCUT2D eigenvalue weighted by molar-refractivity contribution is 5.96. The number of carbonyl (C=O) groups is 2. The van der Waals surface area contributed by atoms with Gasteiger partial charge in [0.15, 0.2) is 0 Å². The number of nitrogens with one attached hydrogen (secondary N) is 1. The highest BCUT2D eigenvalue weighted by atomic mass is 16.5. The quantitative estimate of drug-likeness (QED) is 0.893. The molecule has 7 nitrogen and oxygen atoms in total. The van der Waals surface area contributed by atoms with Gasteiger partial charge in [-0.15, -0.1) is 0 Å². The lowest BCUT2D eigenvalue weighted by Crippen LogP contribution is -2.47. The molecular formula is C15H20N4O3. The normalized spacial score (nSPS) is 19.2. The second-order valence-electron chi connectivity index (χ2n) is 5.51. The number of aromatic nitrogens is 1. The molecule has 3 heterocycles. The molecule has 0 aliphatic carbocycles. The van der Waals surface area contributed by atoms with Crippen LogP contribution in [0.3, 0.4) is 0 Å². The molecule has 2 aliphatic heterocycles. The first-order valence-electron chi connectivity index (χ1n) is 7.53. The van der Waals surface area contributed by atoms with Crippen LogP contribution in [-0.2, 0) is 0 Å². The summed E-state index contributed by atoms with van der Waals surface area (Å²) in [6, 6.07) is 3.70. The third-order valence-electron chi connectivity index (χ3n) is 4.28. The van der Waals surface area contributed by atoms with Crippen LogP contribution in [0.4, 0.5) is 4.79 Å². The molecule has 0 spiro atoms. The zero-order valence-corrected chi connectivity index (χ0v) is 12.6. The molecule has 0 unspecified atom stereocenters. The van der Waals surface area contributed by atoms with E-state index in [0.29, 0.717) is 31.1 Å². The van der Waals surface area contributed by atoms with Gasteiger partial charge in [0.2, 0.25) is 5.88 Å².